The fraction of sp³-hybridized carbons (Fsp3) is 0.600. The van der Waals surface area contributed by atoms with Gasteiger partial charge in [0.05, 0.1) is 11.3 Å². The van der Waals surface area contributed by atoms with Gasteiger partial charge in [0.2, 0.25) is 10.0 Å². The van der Waals surface area contributed by atoms with Crippen molar-refractivity contribution in [1.29, 1.82) is 0 Å². The number of nitrogens with zero attached hydrogens (tertiary/aromatic N) is 1. The van der Waals surface area contributed by atoms with Crippen molar-refractivity contribution < 1.29 is 21.6 Å². The summed E-state index contributed by atoms with van der Waals surface area (Å²) in [7, 11) is -3.72. The van der Waals surface area contributed by atoms with Crippen molar-refractivity contribution in [3.8, 4) is 0 Å². The summed E-state index contributed by atoms with van der Waals surface area (Å²) in [6.45, 7) is 4.43. The minimum atomic E-state index is -4.31. The van der Waals surface area contributed by atoms with Crippen LogP contribution < -0.4 is 5.73 Å². The molecule has 0 spiro atoms. The summed E-state index contributed by atoms with van der Waals surface area (Å²) in [5.41, 5.74) is 5.70. The van der Waals surface area contributed by atoms with Crippen molar-refractivity contribution in [3.05, 3.63) is 29.8 Å². The first-order chi connectivity index (χ1) is 10.4. The summed E-state index contributed by atoms with van der Waals surface area (Å²) in [5, 5.41) is 0. The van der Waals surface area contributed by atoms with Crippen LogP contribution in [0.5, 0.6) is 0 Å². The van der Waals surface area contributed by atoms with E-state index in [4.69, 9.17) is 5.73 Å². The molecule has 0 aromatic heterocycles. The molecule has 24 heavy (non-hydrogen) atoms. The van der Waals surface area contributed by atoms with Gasteiger partial charge in [0, 0.05) is 19.1 Å². The Labute approximate surface area is 146 Å². The molecule has 0 bridgehead atoms. The van der Waals surface area contributed by atoms with Gasteiger partial charge in [-0.25, -0.2) is 8.42 Å². The van der Waals surface area contributed by atoms with Gasteiger partial charge in [-0.05, 0) is 29.5 Å². The third kappa shape index (κ3) is 4.84. The lowest BCUT2D eigenvalue weighted by Gasteiger charge is -2.41. The van der Waals surface area contributed by atoms with E-state index in [1.807, 2.05) is 13.8 Å². The number of hydrogen-bond donors (Lipinski definition) is 1. The monoisotopic (exact) mass is 386 g/mol. The molecule has 1 atom stereocenters. The number of sulfonamides is 1. The van der Waals surface area contributed by atoms with Gasteiger partial charge in [-0.1, -0.05) is 26.0 Å². The Morgan fingerprint density at radius 3 is 2.25 bits per heavy atom. The number of alkyl halides is 3. The van der Waals surface area contributed by atoms with Crippen LogP contribution in [-0.2, 0) is 16.4 Å². The zero-order chi connectivity index (χ0) is 17.5. The summed E-state index contributed by atoms with van der Waals surface area (Å²) in [4.78, 5) is 0.00898. The van der Waals surface area contributed by atoms with E-state index < -0.39 is 22.6 Å². The van der Waals surface area contributed by atoms with E-state index in [1.165, 1.54) is 28.6 Å². The molecule has 0 aliphatic carbocycles. The number of piperidine rings is 1. The van der Waals surface area contributed by atoms with Gasteiger partial charge in [0.25, 0.3) is 0 Å². The minimum Gasteiger partial charge on any atom is -0.327 e. The number of rotatable bonds is 3. The first-order valence-electron chi connectivity index (χ1n) is 7.33. The van der Waals surface area contributed by atoms with E-state index in [0.29, 0.717) is 19.5 Å². The smallest absolute Gasteiger partial charge is 0.327 e. The number of halogens is 4. The molecule has 1 aromatic carbocycles. The summed E-state index contributed by atoms with van der Waals surface area (Å²) in [5.74, 6) is 0. The van der Waals surface area contributed by atoms with Crippen LogP contribution in [-0.4, -0.2) is 38.0 Å². The zero-order valence-electron chi connectivity index (χ0n) is 13.5. The van der Waals surface area contributed by atoms with Crippen LogP contribution in [0.2, 0.25) is 0 Å². The molecule has 1 fully saturated rings. The molecule has 0 radical (unpaired) electrons. The maximum atomic E-state index is 12.6. The van der Waals surface area contributed by atoms with Gasteiger partial charge >= 0.3 is 6.18 Å². The molecule has 1 aromatic rings. The Morgan fingerprint density at radius 2 is 1.79 bits per heavy atom. The van der Waals surface area contributed by atoms with Gasteiger partial charge in [-0.15, -0.1) is 12.4 Å². The molecule has 2 rings (SSSR count). The topological polar surface area (TPSA) is 63.4 Å². The lowest BCUT2D eigenvalue weighted by atomic mass is 9.81. The standard InChI is InChI=1S/C15H21F3N2O2S.ClH/c1-14(2)10-20(8-7-13(14)19)23(21,22)12-5-3-11(4-6-12)9-15(16,17)18;/h3-6,13H,7-10,19H2,1-2H3;1H. The molecule has 2 N–H and O–H groups in total. The Balaban J connectivity index is 0.00000288. The van der Waals surface area contributed by atoms with Crippen molar-refractivity contribution in [2.24, 2.45) is 11.1 Å². The Morgan fingerprint density at radius 1 is 1.25 bits per heavy atom. The highest BCUT2D eigenvalue weighted by Crippen LogP contribution is 2.31. The Kier molecular flexibility index (Phi) is 6.36. The quantitative estimate of drug-likeness (QED) is 0.868. The molecule has 1 aliphatic heterocycles. The fourth-order valence-corrected chi connectivity index (χ4v) is 4.32. The average molecular weight is 387 g/mol. The van der Waals surface area contributed by atoms with E-state index in [9.17, 15) is 21.6 Å². The van der Waals surface area contributed by atoms with E-state index in [0.717, 1.165) is 0 Å². The second-order valence-electron chi connectivity index (χ2n) is 6.66. The molecule has 0 saturated carbocycles. The number of nitrogens with two attached hydrogens (primary N) is 1. The third-order valence-electron chi connectivity index (χ3n) is 4.24. The molecule has 1 heterocycles. The van der Waals surface area contributed by atoms with Crippen molar-refractivity contribution in [1.82, 2.24) is 4.31 Å². The van der Waals surface area contributed by atoms with E-state index in [2.05, 4.69) is 0 Å². The van der Waals surface area contributed by atoms with Crippen LogP contribution in [0.1, 0.15) is 25.8 Å². The lowest BCUT2D eigenvalue weighted by Crippen LogP contribution is -2.53. The molecule has 1 aliphatic rings. The lowest BCUT2D eigenvalue weighted by molar-refractivity contribution is -0.127. The predicted octanol–water partition coefficient (Wildman–Crippen LogP) is 2.96. The van der Waals surface area contributed by atoms with E-state index in [-0.39, 0.29) is 34.3 Å². The molecule has 0 amide bonds. The van der Waals surface area contributed by atoms with Crippen molar-refractivity contribution >= 4 is 22.4 Å². The van der Waals surface area contributed by atoms with Gasteiger partial charge in [0.1, 0.15) is 0 Å². The van der Waals surface area contributed by atoms with Crippen molar-refractivity contribution in [2.45, 2.75) is 43.8 Å². The first-order valence-corrected chi connectivity index (χ1v) is 8.77. The summed E-state index contributed by atoms with van der Waals surface area (Å²) in [6.07, 6.45) is -4.83. The summed E-state index contributed by atoms with van der Waals surface area (Å²) in [6, 6.07) is 4.81. The molecular formula is C15H22ClF3N2O2S. The molecule has 4 nitrogen and oxygen atoms in total. The van der Waals surface area contributed by atoms with Crippen LogP contribution in [0.15, 0.2) is 29.2 Å². The fourth-order valence-electron chi connectivity index (χ4n) is 2.69. The summed E-state index contributed by atoms with van der Waals surface area (Å²) < 4.78 is 63.7. The molecule has 138 valence electrons. The van der Waals surface area contributed by atoms with Crippen LogP contribution in [0.3, 0.4) is 0 Å². The molecular weight excluding hydrogens is 365 g/mol. The third-order valence-corrected chi connectivity index (χ3v) is 6.10. The van der Waals surface area contributed by atoms with E-state index in [1.54, 1.807) is 0 Å². The number of benzene rings is 1. The highest BCUT2D eigenvalue weighted by molar-refractivity contribution is 7.89. The maximum absolute atomic E-state index is 12.6. The van der Waals surface area contributed by atoms with Gasteiger partial charge in [0.15, 0.2) is 0 Å². The Bertz CT molecular complexity index is 660. The van der Waals surface area contributed by atoms with Gasteiger partial charge < -0.3 is 5.73 Å². The highest BCUT2D eigenvalue weighted by Gasteiger charge is 2.38. The van der Waals surface area contributed by atoms with Crippen molar-refractivity contribution in [2.75, 3.05) is 13.1 Å². The average Bonchev–Trinajstić information content (AvgIpc) is 2.40. The van der Waals surface area contributed by atoms with Crippen LogP contribution in [0, 0.1) is 5.41 Å². The van der Waals surface area contributed by atoms with Crippen LogP contribution >= 0.6 is 12.4 Å². The van der Waals surface area contributed by atoms with Crippen LogP contribution in [0.25, 0.3) is 0 Å². The highest BCUT2D eigenvalue weighted by atomic mass is 35.5. The number of hydrogen-bond acceptors (Lipinski definition) is 3. The maximum Gasteiger partial charge on any atom is 0.393 e. The molecule has 1 unspecified atom stereocenters. The molecule has 1 saturated heterocycles. The normalized spacial score (nSPS) is 22.0. The minimum absolute atomic E-state index is 0. The SMILES string of the molecule is CC1(C)CN(S(=O)(=O)c2ccc(CC(F)(F)F)cc2)CCC1N.Cl. The second-order valence-corrected chi connectivity index (χ2v) is 8.60. The zero-order valence-corrected chi connectivity index (χ0v) is 15.1. The van der Waals surface area contributed by atoms with Crippen LogP contribution in [0.4, 0.5) is 13.2 Å². The largest absolute Gasteiger partial charge is 0.393 e. The van der Waals surface area contributed by atoms with E-state index >= 15 is 0 Å². The second kappa shape index (κ2) is 7.19. The molecule has 9 heteroatoms. The first kappa shape index (κ1) is 21.2. The predicted molar refractivity (Wildman–Crippen MR) is 88.6 cm³/mol. The Hall–Kier alpha value is -0.830. The van der Waals surface area contributed by atoms with Gasteiger partial charge in [-0.3, -0.25) is 0 Å². The summed E-state index contributed by atoms with van der Waals surface area (Å²) >= 11 is 0. The van der Waals surface area contributed by atoms with Gasteiger partial charge in [-0.2, -0.15) is 17.5 Å². The van der Waals surface area contributed by atoms with Crippen molar-refractivity contribution in [3.63, 3.8) is 0 Å².